The minimum absolute atomic E-state index is 0.353. The monoisotopic (exact) mass is 271 g/mol. The van der Waals surface area contributed by atoms with Crippen LogP contribution in [0.1, 0.15) is 29.9 Å². The van der Waals surface area contributed by atoms with Gasteiger partial charge in [0.25, 0.3) is 0 Å². The van der Waals surface area contributed by atoms with Crippen molar-refractivity contribution >= 4 is 22.8 Å². The van der Waals surface area contributed by atoms with Crippen molar-refractivity contribution in [3.63, 3.8) is 0 Å². The van der Waals surface area contributed by atoms with E-state index in [2.05, 4.69) is 40.3 Å². The summed E-state index contributed by atoms with van der Waals surface area (Å²) in [5.74, 6) is 0.723. The second-order valence-corrected chi connectivity index (χ2v) is 5.82. The molecule has 1 aliphatic heterocycles. The van der Waals surface area contributed by atoms with Gasteiger partial charge >= 0.3 is 0 Å². The molecule has 0 fully saturated rings. The molecule has 1 unspecified atom stereocenters. The molecule has 19 heavy (non-hydrogen) atoms. The Hall–Kier alpha value is -1.61. The number of carbonyl (C=O) groups is 1. The number of para-hydroxylation sites is 1. The molecule has 3 heteroatoms. The Morgan fingerprint density at radius 2 is 2.21 bits per heavy atom. The average molecular weight is 271 g/mol. The van der Waals surface area contributed by atoms with Crippen LogP contribution in [0.5, 0.6) is 0 Å². The third-order valence-corrected chi connectivity index (χ3v) is 4.42. The van der Waals surface area contributed by atoms with Gasteiger partial charge in [0.1, 0.15) is 5.78 Å². The number of fused-ring (bicyclic) bond motifs is 1. The van der Waals surface area contributed by atoms with Crippen LogP contribution in [-0.4, -0.2) is 12.3 Å². The number of rotatable bonds is 5. The van der Waals surface area contributed by atoms with Gasteiger partial charge in [-0.3, -0.25) is 4.79 Å². The maximum absolute atomic E-state index is 12.1. The highest BCUT2D eigenvalue weighted by Gasteiger charge is 2.23. The van der Waals surface area contributed by atoms with Crippen molar-refractivity contribution in [2.75, 3.05) is 11.9 Å². The summed E-state index contributed by atoms with van der Waals surface area (Å²) in [6.07, 6.45) is 2.20. The Morgan fingerprint density at radius 1 is 1.32 bits per heavy atom. The van der Waals surface area contributed by atoms with Gasteiger partial charge in [0.05, 0.1) is 0 Å². The van der Waals surface area contributed by atoms with Gasteiger partial charge in [-0.05, 0) is 40.4 Å². The molecular weight excluding hydrogens is 254 g/mol. The fraction of sp³-hybridized carbons (Fsp3) is 0.312. The number of nitrogens with one attached hydrogen (secondary N) is 1. The summed E-state index contributed by atoms with van der Waals surface area (Å²) >= 11 is 1.69. The van der Waals surface area contributed by atoms with Crippen molar-refractivity contribution in [2.45, 2.75) is 25.2 Å². The van der Waals surface area contributed by atoms with Crippen molar-refractivity contribution < 1.29 is 4.79 Å². The molecule has 98 valence electrons. The van der Waals surface area contributed by atoms with Crippen LogP contribution in [0.4, 0.5) is 5.69 Å². The predicted molar refractivity (Wildman–Crippen MR) is 79.9 cm³/mol. The largest absolute Gasteiger partial charge is 0.384 e. The molecule has 2 heterocycles. The third kappa shape index (κ3) is 2.87. The van der Waals surface area contributed by atoms with Gasteiger partial charge in [-0.2, -0.15) is 11.3 Å². The van der Waals surface area contributed by atoms with E-state index in [9.17, 15) is 4.79 Å². The highest BCUT2D eigenvalue weighted by molar-refractivity contribution is 7.07. The van der Waals surface area contributed by atoms with E-state index in [1.54, 1.807) is 11.3 Å². The van der Waals surface area contributed by atoms with Gasteiger partial charge in [0, 0.05) is 31.0 Å². The summed E-state index contributed by atoms with van der Waals surface area (Å²) < 4.78 is 0. The molecule has 0 bridgehead atoms. The van der Waals surface area contributed by atoms with E-state index in [0.29, 0.717) is 24.5 Å². The van der Waals surface area contributed by atoms with Gasteiger partial charge in [-0.1, -0.05) is 18.2 Å². The lowest BCUT2D eigenvalue weighted by molar-refractivity contribution is -0.119. The molecular formula is C16H17NOS. The number of aryl methyl sites for hydroxylation is 1. The van der Waals surface area contributed by atoms with Crippen LogP contribution < -0.4 is 5.32 Å². The number of Topliss-reactive ketones (excluding diaryl/α,β-unsaturated/α-hetero) is 1. The average Bonchev–Trinajstić information content (AvgIpc) is 3.07. The number of benzene rings is 1. The van der Waals surface area contributed by atoms with Crippen LogP contribution in [-0.2, 0) is 11.2 Å². The standard InChI is InChI=1S/C16H17NOS/c18-14(6-5-12-7-8-19-11-12)9-13-10-17-16-4-2-1-3-15(13)16/h1-4,7-8,11,13,17H,5-6,9-10H2. The van der Waals surface area contributed by atoms with Crippen molar-refractivity contribution in [2.24, 2.45) is 0 Å². The molecule has 1 N–H and O–H groups in total. The number of hydrogen-bond donors (Lipinski definition) is 1. The van der Waals surface area contributed by atoms with Gasteiger partial charge in [-0.25, -0.2) is 0 Å². The lowest BCUT2D eigenvalue weighted by atomic mass is 9.94. The summed E-state index contributed by atoms with van der Waals surface area (Å²) in [4.78, 5) is 12.1. The smallest absolute Gasteiger partial charge is 0.133 e. The normalized spacial score (nSPS) is 16.9. The molecule has 2 nitrogen and oxygen atoms in total. The Balaban J connectivity index is 1.56. The second-order valence-electron chi connectivity index (χ2n) is 5.04. The fourth-order valence-electron chi connectivity index (χ4n) is 2.63. The summed E-state index contributed by atoms with van der Waals surface area (Å²) in [6, 6.07) is 10.4. The molecule has 1 aromatic heterocycles. The zero-order valence-corrected chi connectivity index (χ0v) is 11.6. The van der Waals surface area contributed by atoms with Crippen LogP contribution in [0.25, 0.3) is 0 Å². The van der Waals surface area contributed by atoms with E-state index in [0.717, 1.165) is 13.0 Å². The minimum Gasteiger partial charge on any atom is -0.384 e. The fourth-order valence-corrected chi connectivity index (χ4v) is 3.34. The molecule has 0 spiro atoms. The number of hydrogen-bond acceptors (Lipinski definition) is 3. The molecule has 0 saturated carbocycles. The van der Waals surface area contributed by atoms with E-state index < -0.39 is 0 Å². The number of anilines is 1. The minimum atomic E-state index is 0.353. The van der Waals surface area contributed by atoms with E-state index in [1.807, 2.05) is 6.07 Å². The quantitative estimate of drug-likeness (QED) is 0.895. The number of thiophene rings is 1. The van der Waals surface area contributed by atoms with Crippen molar-refractivity contribution in [1.82, 2.24) is 0 Å². The maximum atomic E-state index is 12.1. The number of carbonyl (C=O) groups excluding carboxylic acids is 1. The molecule has 0 aliphatic carbocycles. The van der Waals surface area contributed by atoms with Gasteiger partial charge in [-0.15, -0.1) is 0 Å². The lowest BCUT2D eigenvalue weighted by Crippen LogP contribution is -2.09. The van der Waals surface area contributed by atoms with E-state index in [4.69, 9.17) is 0 Å². The van der Waals surface area contributed by atoms with E-state index in [-0.39, 0.29) is 0 Å². The molecule has 1 aliphatic rings. The Bertz CT molecular complexity index is 562. The van der Waals surface area contributed by atoms with Crippen LogP contribution in [0.3, 0.4) is 0 Å². The van der Waals surface area contributed by atoms with E-state index >= 15 is 0 Å². The Morgan fingerprint density at radius 3 is 3.05 bits per heavy atom. The summed E-state index contributed by atoms with van der Waals surface area (Å²) in [7, 11) is 0. The lowest BCUT2D eigenvalue weighted by Gasteiger charge is -2.08. The highest BCUT2D eigenvalue weighted by atomic mass is 32.1. The van der Waals surface area contributed by atoms with Crippen molar-refractivity contribution in [3.05, 3.63) is 52.2 Å². The zero-order valence-electron chi connectivity index (χ0n) is 10.8. The summed E-state index contributed by atoms with van der Waals surface area (Å²) in [6.45, 7) is 0.892. The molecule has 2 aromatic rings. The second kappa shape index (κ2) is 5.57. The first-order valence-corrected chi connectivity index (χ1v) is 7.63. The molecule has 0 radical (unpaired) electrons. The number of ketones is 1. The van der Waals surface area contributed by atoms with E-state index in [1.165, 1.54) is 16.8 Å². The maximum Gasteiger partial charge on any atom is 0.133 e. The van der Waals surface area contributed by atoms with Crippen molar-refractivity contribution in [3.8, 4) is 0 Å². The van der Waals surface area contributed by atoms with Crippen LogP contribution in [0.2, 0.25) is 0 Å². The first kappa shape index (κ1) is 12.4. The van der Waals surface area contributed by atoms with Crippen LogP contribution in [0, 0.1) is 0 Å². The predicted octanol–water partition coefficient (Wildman–Crippen LogP) is 3.85. The van der Waals surface area contributed by atoms with Gasteiger partial charge in [0.2, 0.25) is 0 Å². The first-order valence-electron chi connectivity index (χ1n) is 6.68. The zero-order chi connectivity index (χ0) is 13.1. The van der Waals surface area contributed by atoms with Gasteiger partial charge in [0.15, 0.2) is 0 Å². The Kier molecular flexibility index (Phi) is 3.65. The van der Waals surface area contributed by atoms with Crippen LogP contribution in [0.15, 0.2) is 41.1 Å². The molecule has 1 aromatic carbocycles. The summed E-state index contributed by atoms with van der Waals surface area (Å²) in [5.41, 5.74) is 3.77. The highest BCUT2D eigenvalue weighted by Crippen LogP contribution is 2.33. The van der Waals surface area contributed by atoms with Crippen LogP contribution >= 0.6 is 11.3 Å². The Labute approximate surface area is 117 Å². The molecule has 1 atom stereocenters. The third-order valence-electron chi connectivity index (χ3n) is 3.69. The summed E-state index contributed by atoms with van der Waals surface area (Å²) in [5, 5.41) is 7.57. The molecule has 0 saturated heterocycles. The SMILES string of the molecule is O=C(CCc1ccsc1)CC1CNc2ccccc21. The van der Waals surface area contributed by atoms with Crippen molar-refractivity contribution in [1.29, 1.82) is 0 Å². The molecule has 0 amide bonds. The first-order chi connectivity index (χ1) is 9.33. The topological polar surface area (TPSA) is 29.1 Å². The van der Waals surface area contributed by atoms with Gasteiger partial charge < -0.3 is 5.32 Å². The molecule has 3 rings (SSSR count).